The quantitative estimate of drug-likeness (QED) is 0.570. The Hall–Kier alpha value is 1.92. The van der Waals surface area contributed by atoms with Gasteiger partial charge in [-0.25, -0.2) is 0 Å². The first-order valence-electron chi connectivity index (χ1n) is 4.13. The average Bonchev–Trinajstić information content (AvgIpc) is 2.08. The van der Waals surface area contributed by atoms with E-state index in [4.69, 9.17) is 0 Å². The highest BCUT2D eigenvalue weighted by molar-refractivity contribution is 9.12. The van der Waals surface area contributed by atoms with Crippen molar-refractivity contribution in [1.82, 2.24) is 0 Å². The maximum Gasteiger partial charge on any atom is 0.0274 e. The van der Waals surface area contributed by atoms with Crippen molar-refractivity contribution < 1.29 is 0 Å². The monoisotopic (exact) mass is 424 g/mol. The Morgan fingerprint density at radius 2 is 1.83 bits per heavy atom. The summed E-state index contributed by atoms with van der Waals surface area (Å²) in [5, 5.41) is 1.06. The maximum atomic E-state index is 3.71. The summed E-state index contributed by atoms with van der Waals surface area (Å²) < 4.78 is 0. The Bertz CT molecular complexity index is 139. The van der Waals surface area contributed by atoms with Crippen LogP contribution in [0.1, 0.15) is 19.3 Å². The number of halogens is 4. The van der Waals surface area contributed by atoms with Gasteiger partial charge in [0, 0.05) is 19.8 Å². The third-order valence-electron chi connectivity index (χ3n) is 2.39. The Morgan fingerprint density at radius 3 is 2.33 bits per heavy atom. The van der Waals surface area contributed by atoms with Crippen molar-refractivity contribution in [3.8, 4) is 0 Å². The predicted molar refractivity (Wildman–Crippen MR) is 69.3 cm³/mol. The number of alkyl halides is 4. The molecule has 0 aromatic rings. The maximum absolute atomic E-state index is 3.71. The summed E-state index contributed by atoms with van der Waals surface area (Å²) in [6.07, 6.45) is 3.90. The zero-order valence-electron chi connectivity index (χ0n) is 6.65. The first kappa shape index (κ1) is 12.0. The van der Waals surface area contributed by atoms with Crippen LogP contribution in [0.3, 0.4) is 0 Å². The van der Waals surface area contributed by atoms with E-state index < -0.39 is 0 Å². The van der Waals surface area contributed by atoms with Crippen LogP contribution in [0, 0.1) is 5.92 Å². The molecule has 0 amide bonds. The summed E-state index contributed by atoms with van der Waals surface area (Å²) in [5.41, 5.74) is 0. The van der Waals surface area contributed by atoms with Crippen molar-refractivity contribution in [2.45, 2.75) is 33.7 Å². The molecule has 1 rings (SSSR count). The Morgan fingerprint density at radius 1 is 1.17 bits per heavy atom. The number of hydrogen-bond donors (Lipinski definition) is 0. The van der Waals surface area contributed by atoms with Crippen LogP contribution in [0.5, 0.6) is 0 Å². The normalized spacial score (nSPS) is 39.5. The summed E-state index contributed by atoms with van der Waals surface area (Å²) in [4.78, 5) is 1.96. The zero-order valence-corrected chi connectivity index (χ0v) is 13.0. The van der Waals surface area contributed by atoms with Crippen LogP contribution in [-0.2, 0) is 0 Å². The van der Waals surface area contributed by atoms with Gasteiger partial charge in [0.15, 0.2) is 0 Å². The van der Waals surface area contributed by atoms with Crippen LogP contribution in [0.2, 0.25) is 0 Å². The minimum absolute atomic E-state index is 0.637. The highest BCUT2D eigenvalue weighted by Crippen LogP contribution is 2.37. The molecule has 1 aliphatic rings. The molecule has 0 radical (unpaired) electrons. The lowest BCUT2D eigenvalue weighted by Gasteiger charge is -2.32. The highest BCUT2D eigenvalue weighted by atomic mass is 79.9. The van der Waals surface area contributed by atoms with Crippen molar-refractivity contribution in [2.24, 2.45) is 5.92 Å². The lowest BCUT2D eigenvalue weighted by Crippen LogP contribution is -2.30. The van der Waals surface area contributed by atoms with Crippen LogP contribution in [0.4, 0.5) is 0 Å². The van der Waals surface area contributed by atoms with Gasteiger partial charge in [0.05, 0.1) is 0 Å². The molecule has 1 saturated carbocycles. The molecule has 0 N–H and O–H groups in total. The summed E-state index contributed by atoms with van der Waals surface area (Å²) in [6, 6.07) is 0. The first-order valence-corrected chi connectivity index (χ1v) is 8.00. The molecule has 4 atom stereocenters. The van der Waals surface area contributed by atoms with E-state index in [1.54, 1.807) is 0 Å². The first-order chi connectivity index (χ1) is 5.65. The lowest BCUT2D eigenvalue weighted by molar-refractivity contribution is 0.383. The van der Waals surface area contributed by atoms with Crippen LogP contribution < -0.4 is 0 Å². The molecule has 0 aromatic carbocycles. The molecule has 72 valence electrons. The molecule has 0 saturated heterocycles. The standard InChI is InChI=1S/C8H12Br4/c9-4-8(12)5-1-2-6(10)7(11)3-5/h5-8H,1-4H2/t5-,6-,7-,8-/m1/s1. The van der Waals surface area contributed by atoms with Gasteiger partial charge < -0.3 is 0 Å². The molecule has 12 heavy (non-hydrogen) atoms. The van der Waals surface area contributed by atoms with E-state index in [0.29, 0.717) is 14.5 Å². The van der Waals surface area contributed by atoms with E-state index in [1.807, 2.05) is 0 Å². The Labute approximate surface area is 108 Å². The third-order valence-corrected chi connectivity index (χ3v) is 7.85. The van der Waals surface area contributed by atoms with Gasteiger partial charge >= 0.3 is 0 Å². The second-order valence-corrected chi connectivity index (χ2v) is 7.45. The molecule has 0 unspecified atom stereocenters. The lowest BCUT2D eigenvalue weighted by atomic mass is 9.87. The van der Waals surface area contributed by atoms with Crippen molar-refractivity contribution in [3.05, 3.63) is 0 Å². The molecule has 0 nitrogen and oxygen atoms in total. The summed E-state index contributed by atoms with van der Waals surface area (Å²) in [7, 11) is 0. The zero-order chi connectivity index (χ0) is 9.14. The van der Waals surface area contributed by atoms with E-state index in [-0.39, 0.29) is 0 Å². The average molecular weight is 428 g/mol. The van der Waals surface area contributed by atoms with E-state index in [2.05, 4.69) is 63.7 Å². The van der Waals surface area contributed by atoms with Crippen molar-refractivity contribution in [1.29, 1.82) is 0 Å². The molecule has 1 fully saturated rings. The smallest absolute Gasteiger partial charge is 0.0274 e. The van der Waals surface area contributed by atoms with Gasteiger partial charge in [-0.2, -0.15) is 0 Å². The van der Waals surface area contributed by atoms with Crippen LogP contribution >= 0.6 is 63.7 Å². The third kappa shape index (κ3) is 3.25. The fourth-order valence-corrected chi connectivity index (χ4v) is 3.80. The van der Waals surface area contributed by atoms with E-state index in [9.17, 15) is 0 Å². The van der Waals surface area contributed by atoms with E-state index in [1.165, 1.54) is 19.3 Å². The molecular formula is C8H12Br4. The minimum atomic E-state index is 0.637. The van der Waals surface area contributed by atoms with Crippen molar-refractivity contribution in [3.63, 3.8) is 0 Å². The van der Waals surface area contributed by atoms with Crippen LogP contribution in [0.15, 0.2) is 0 Å². The predicted octanol–water partition coefficient (Wildman–Crippen LogP) is 4.47. The molecular weight excluding hydrogens is 416 g/mol. The van der Waals surface area contributed by atoms with Crippen molar-refractivity contribution >= 4 is 63.7 Å². The summed E-state index contributed by atoms with van der Waals surface area (Å²) in [6.45, 7) is 0. The van der Waals surface area contributed by atoms with Gasteiger partial charge in [-0.15, -0.1) is 0 Å². The van der Waals surface area contributed by atoms with Gasteiger partial charge in [0.2, 0.25) is 0 Å². The van der Waals surface area contributed by atoms with Gasteiger partial charge in [-0.05, 0) is 25.2 Å². The molecule has 0 bridgehead atoms. The van der Waals surface area contributed by atoms with Gasteiger partial charge in [-0.1, -0.05) is 63.7 Å². The SMILES string of the molecule is BrC[C@@H](Br)[C@@H]1CC[C@@H](Br)[C@H](Br)C1. The molecule has 0 aromatic heterocycles. The molecule has 0 spiro atoms. The molecule has 4 heteroatoms. The summed E-state index contributed by atoms with van der Waals surface area (Å²) >= 11 is 14.6. The minimum Gasteiger partial charge on any atom is -0.0916 e. The van der Waals surface area contributed by atoms with Gasteiger partial charge in [0.25, 0.3) is 0 Å². The second-order valence-electron chi connectivity index (χ2n) is 3.28. The fourth-order valence-electron chi connectivity index (χ4n) is 1.56. The van der Waals surface area contributed by atoms with Crippen molar-refractivity contribution in [2.75, 3.05) is 5.33 Å². The van der Waals surface area contributed by atoms with E-state index in [0.717, 1.165) is 11.2 Å². The highest BCUT2D eigenvalue weighted by Gasteiger charge is 2.30. The molecule has 0 aliphatic heterocycles. The van der Waals surface area contributed by atoms with E-state index >= 15 is 0 Å². The fraction of sp³-hybridized carbons (Fsp3) is 1.00. The van der Waals surface area contributed by atoms with Crippen LogP contribution in [-0.4, -0.2) is 19.8 Å². The topological polar surface area (TPSA) is 0 Å². The number of rotatable bonds is 2. The number of hydrogen-bond acceptors (Lipinski definition) is 0. The molecule has 0 heterocycles. The van der Waals surface area contributed by atoms with Gasteiger partial charge in [-0.3, -0.25) is 0 Å². The van der Waals surface area contributed by atoms with Crippen LogP contribution in [0.25, 0.3) is 0 Å². The van der Waals surface area contributed by atoms with Gasteiger partial charge in [0.1, 0.15) is 0 Å². The molecule has 1 aliphatic carbocycles. The summed E-state index contributed by atoms with van der Waals surface area (Å²) in [5.74, 6) is 0.822. The Kier molecular flexibility index (Phi) is 5.71. The largest absolute Gasteiger partial charge is 0.0916 e. The second kappa shape index (κ2) is 5.72. The Balaban J connectivity index is 2.39.